The fraction of sp³-hybridized carbons (Fsp3) is 0.346. The second-order valence-electron chi connectivity index (χ2n) is 8.77. The molecule has 0 unspecified atom stereocenters. The minimum atomic E-state index is -0.966. The average molecular weight is 448 g/mol. The number of hydrogen-bond donors (Lipinski definition) is 1. The maximum Gasteiger partial charge on any atom is 0.251 e. The molecular weight excluding hydrogens is 418 g/mol. The van der Waals surface area contributed by atoms with E-state index >= 15 is 0 Å². The van der Waals surface area contributed by atoms with E-state index in [0.29, 0.717) is 5.13 Å². The summed E-state index contributed by atoms with van der Waals surface area (Å²) < 4.78 is 0. The summed E-state index contributed by atoms with van der Waals surface area (Å²) in [6, 6.07) is 20.2. The topological polar surface area (TPSA) is 62.3 Å². The van der Waals surface area contributed by atoms with Gasteiger partial charge < -0.3 is 4.90 Å². The van der Waals surface area contributed by atoms with Crippen LogP contribution in [0, 0.1) is 0 Å². The Morgan fingerprint density at radius 1 is 0.969 bits per heavy atom. The zero-order valence-corrected chi connectivity index (χ0v) is 19.6. The van der Waals surface area contributed by atoms with Crippen LogP contribution in [-0.4, -0.2) is 33.3 Å². The zero-order valence-electron chi connectivity index (χ0n) is 18.8. The molecule has 0 atom stereocenters. The second kappa shape index (κ2) is 9.25. The molecule has 1 aliphatic carbocycles. The normalized spacial score (nSPS) is 14.3. The molecule has 1 heterocycles. The molecule has 0 bridgehead atoms. The first-order chi connectivity index (χ1) is 15.4. The van der Waals surface area contributed by atoms with Crippen molar-refractivity contribution in [3.05, 3.63) is 60.7 Å². The van der Waals surface area contributed by atoms with Crippen LogP contribution in [-0.2, 0) is 9.59 Å². The van der Waals surface area contributed by atoms with Crippen LogP contribution >= 0.6 is 11.3 Å². The quantitative estimate of drug-likeness (QED) is 0.505. The molecule has 2 aromatic carbocycles. The van der Waals surface area contributed by atoms with Crippen molar-refractivity contribution in [3.63, 3.8) is 0 Å². The molecule has 1 aromatic heterocycles. The number of anilines is 1. The van der Waals surface area contributed by atoms with Crippen molar-refractivity contribution in [1.29, 1.82) is 0 Å². The molecule has 5 nitrogen and oxygen atoms in total. The zero-order chi connectivity index (χ0) is 22.7. The molecule has 1 saturated carbocycles. The molecule has 1 N–H and O–H groups in total. The lowest BCUT2D eigenvalue weighted by Crippen LogP contribution is -2.58. The van der Waals surface area contributed by atoms with Gasteiger partial charge in [0, 0.05) is 18.5 Å². The molecule has 2 amide bonds. The van der Waals surface area contributed by atoms with Gasteiger partial charge in [-0.25, -0.2) is 4.98 Å². The van der Waals surface area contributed by atoms with E-state index in [1.54, 1.807) is 11.8 Å². The third-order valence-electron chi connectivity index (χ3n) is 6.12. The van der Waals surface area contributed by atoms with E-state index < -0.39 is 5.54 Å². The molecule has 0 radical (unpaired) electrons. The number of thiazole rings is 1. The van der Waals surface area contributed by atoms with Crippen LogP contribution in [0.2, 0.25) is 0 Å². The smallest absolute Gasteiger partial charge is 0.251 e. The highest BCUT2D eigenvalue weighted by Crippen LogP contribution is 2.39. The van der Waals surface area contributed by atoms with Crippen LogP contribution in [0.5, 0.6) is 0 Å². The van der Waals surface area contributed by atoms with Crippen molar-refractivity contribution in [2.45, 2.75) is 58.0 Å². The summed E-state index contributed by atoms with van der Waals surface area (Å²) in [5.74, 6) is -0.279. The third-order valence-corrected chi connectivity index (χ3v) is 7.14. The summed E-state index contributed by atoms with van der Waals surface area (Å²) >= 11 is 1.46. The summed E-state index contributed by atoms with van der Waals surface area (Å²) in [6.45, 7) is 5.20. The Kier molecular flexibility index (Phi) is 6.42. The number of amides is 2. The summed E-state index contributed by atoms with van der Waals surface area (Å²) in [7, 11) is 0. The van der Waals surface area contributed by atoms with Gasteiger partial charge in [-0.15, -0.1) is 0 Å². The van der Waals surface area contributed by atoms with E-state index in [-0.39, 0.29) is 17.9 Å². The summed E-state index contributed by atoms with van der Waals surface area (Å²) in [6.07, 6.45) is 4.09. The van der Waals surface area contributed by atoms with Crippen molar-refractivity contribution >= 4 is 28.3 Å². The van der Waals surface area contributed by atoms with E-state index in [1.165, 1.54) is 11.3 Å². The molecule has 166 valence electrons. The molecule has 0 aliphatic heterocycles. The third kappa shape index (κ3) is 4.46. The molecule has 1 aliphatic rings. The van der Waals surface area contributed by atoms with Crippen molar-refractivity contribution in [2.24, 2.45) is 0 Å². The van der Waals surface area contributed by atoms with Gasteiger partial charge in [0.1, 0.15) is 5.54 Å². The number of nitrogens with zero attached hydrogens (tertiary/aromatic N) is 2. The highest BCUT2D eigenvalue weighted by molar-refractivity contribution is 7.19. The first-order valence-corrected chi connectivity index (χ1v) is 11.9. The van der Waals surface area contributed by atoms with Gasteiger partial charge in [0.05, 0.1) is 10.6 Å². The lowest BCUT2D eigenvalue weighted by atomic mass is 9.98. The van der Waals surface area contributed by atoms with E-state index in [4.69, 9.17) is 4.98 Å². The van der Waals surface area contributed by atoms with Crippen LogP contribution in [0.25, 0.3) is 21.7 Å². The predicted molar refractivity (Wildman–Crippen MR) is 130 cm³/mol. The maximum atomic E-state index is 13.4. The van der Waals surface area contributed by atoms with Gasteiger partial charge in [0.25, 0.3) is 5.91 Å². The standard InChI is InChI=1S/C26H29N3O2S/c1-18(30)29(21-16-10-11-17-21)26(2,3)24(31)28-25-27-22(19-12-6-4-7-13-19)23(32-25)20-14-8-5-9-15-20/h4-9,12-15,21H,10-11,16-17H2,1-3H3,(H,27,28,31). The van der Waals surface area contributed by atoms with Gasteiger partial charge in [0.15, 0.2) is 5.13 Å². The average Bonchev–Trinajstić information content (AvgIpc) is 3.45. The minimum absolute atomic E-state index is 0.0638. The Hall–Kier alpha value is -2.99. The SMILES string of the molecule is CC(=O)N(C1CCCC1)C(C)(C)C(=O)Nc1nc(-c2ccccc2)c(-c2ccccc2)s1. The van der Waals surface area contributed by atoms with Gasteiger partial charge in [-0.3, -0.25) is 14.9 Å². The first-order valence-electron chi connectivity index (χ1n) is 11.1. The second-order valence-corrected chi connectivity index (χ2v) is 9.77. The van der Waals surface area contributed by atoms with Gasteiger partial charge >= 0.3 is 0 Å². The summed E-state index contributed by atoms with van der Waals surface area (Å²) in [5.41, 5.74) is 1.93. The number of carbonyl (C=O) groups is 2. The van der Waals surface area contributed by atoms with E-state index in [0.717, 1.165) is 47.4 Å². The van der Waals surface area contributed by atoms with E-state index in [1.807, 2.05) is 74.5 Å². The highest BCUT2D eigenvalue weighted by atomic mass is 32.1. The lowest BCUT2D eigenvalue weighted by Gasteiger charge is -2.40. The van der Waals surface area contributed by atoms with Crippen molar-refractivity contribution < 1.29 is 9.59 Å². The van der Waals surface area contributed by atoms with Crippen molar-refractivity contribution in [1.82, 2.24) is 9.88 Å². The summed E-state index contributed by atoms with van der Waals surface area (Å²) in [5, 5.41) is 3.55. The van der Waals surface area contributed by atoms with Crippen molar-refractivity contribution in [3.8, 4) is 21.7 Å². The Bertz CT molecular complexity index is 1030. The molecule has 32 heavy (non-hydrogen) atoms. The van der Waals surface area contributed by atoms with Gasteiger partial charge in [-0.05, 0) is 32.3 Å². The Balaban J connectivity index is 1.66. The molecule has 0 spiro atoms. The number of hydrogen-bond acceptors (Lipinski definition) is 4. The monoisotopic (exact) mass is 447 g/mol. The minimum Gasteiger partial charge on any atom is -0.326 e. The first kappa shape index (κ1) is 22.2. The Morgan fingerprint density at radius 2 is 1.53 bits per heavy atom. The Morgan fingerprint density at radius 3 is 2.09 bits per heavy atom. The Labute approximate surface area is 193 Å². The van der Waals surface area contributed by atoms with Crippen molar-refractivity contribution in [2.75, 3.05) is 5.32 Å². The van der Waals surface area contributed by atoms with Crippen LogP contribution in [0.3, 0.4) is 0 Å². The number of aromatic nitrogens is 1. The fourth-order valence-corrected chi connectivity index (χ4v) is 5.57. The van der Waals surface area contributed by atoms with Crippen LogP contribution < -0.4 is 5.32 Å². The maximum absolute atomic E-state index is 13.4. The molecule has 3 aromatic rings. The van der Waals surface area contributed by atoms with Gasteiger partial charge in [-0.1, -0.05) is 84.8 Å². The van der Waals surface area contributed by atoms with Gasteiger partial charge in [0.2, 0.25) is 5.91 Å². The summed E-state index contributed by atoms with van der Waals surface area (Å²) in [4.78, 5) is 33.4. The molecule has 1 fully saturated rings. The molecular formula is C26H29N3O2S. The highest BCUT2D eigenvalue weighted by Gasteiger charge is 2.41. The lowest BCUT2D eigenvalue weighted by molar-refractivity contribution is -0.145. The predicted octanol–water partition coefficient (Wildman–Crippen LogP) is 5.99. The number of nitrogens with one attached hydrogen (secondary N) is 1. The number of benzene rings is 2. The van der Waals surface area contributed by atoms with Gasteiger partial charge in [-0.2, -0.15) is 0 Å². The fourth-order valence-electron chi connectivity index (χ4n) is 4.58. The van der Waals surface area contributed by atoms with Crippen LogP contribution in [0.1, 0.15) is 46.5 Å². The van der Waals surface area contributed by atoms with E-state index in [9.17, 15) is 9.59 Å². The molecule has 0 saturated heterocycles. The van der Waals surface area contributed by atoms with Crippen LogP contribution in [0.4, 0.5) is 5.13 Å². The molecule has 6 heteroatoms. The number of rotatable bonds is 6. The van der Waals surface area contributed by atoms with Crippen LogP contribution in [0.15, 0.2) is 60.7 Å². The van der Waals surface area contributed by atoms with E-state index in [2.05, 4.69) is 5.32 Å². The number of carbonyl (C=O) groups excluding carboxylic acids is 2. The molecule has 4 rings (SSSR count). The largest absolute Gasteiger partial charge is 0.326 e.